The zero-order valence-corrected chi connectivity index (χ0v) is 11.8. The van der Waals surface area contributed by atoms with E-state index in [0.29, 0.717) is 14.9 Å². The Hall–Kier alpha value is -0.520. The van der Waals surface area contributed by atoms with E-state index in [2.05, 4.69) is 31.9 Å². The van der Waals surface area contributed by atoms with Crippen LogP contribution >= 0.6 is 43.2 Å². The Morgan fingerprint density at radius 3 is 2.50 bits per heavy atom. The van der Waals surface area contributed by atoms with Gasteiger partial charge in [0.15, 0.2) is 0 Å². The summed E-state index contributed by atoms with van der Waals surface area (Å²) >= 11 is 7.78. The van der Waals surface area contributed by atoms with Crippen molar-refractivity contribution in [2.45, 2.75) is 0 Å². The normalized spacial score (nSPS) is 10.4. The molecule has 0 saturated heterocycles. The lowest BCUT2D eigenvalue weighted by molar-refractivity contribution is 0.104. The molecule has 0 fully saturated rings. The lowest BCUT2D eigenvalue weighted by Crippen LogP contribution is -1.99. The van der Waals surface area contributed by atoms with Crippen LogP contribution in [0.15, 0.2) is 38.6 Å². The standard InChI is InChI=1S/C11H5Br2FOS/c12-7-3-6(4-8(14)5-7)11(15)9-1-2-10(13)16-9/h1-5H. The third-order valence-electron chi connectivity index (χ3n) is 1.92. The molecule has 0 saturated carbocycles. The van der Waals surface area contributed by atoms with Crippen LogP contribution in [0.25, 0.3) is 0 Å². The van der Waals surface area contributed by atoms with Crippen LogP contribution in [0.2, 0.25) is 0 Å². The zero-order valence-electron chi connectivity index (χ0n) is 7.84. The van der Waals surface area contributed by atoms with Crippen molar-refractivity contribution in [2.24, 2.45) is 0 Å². The molecular weight excluding hydrogens is 359 g/mol. The van der Waals surface area contributed by atoms with E-state index in [1.165, 1.54) is 23.5 Å². The fourth-order valence-electron chi connectivity index (χ4n) is 1.26. The number of rotatable bonds is 2. The number of hydrogen-bond acceptors (Lipinski definition) is 2. The second-order valence-corrected chi connectivity index (χ2v) is 6.47. The molecule has 0 aliphatic carbocycles. The molecule has 16 heavy (non-hydrogen) atoms. The Morgan fingerprint density at radius 2 is 1.94 bits per heavy atom. The van der Waals surface area contributed by atoms with Crippen molar-refractivity contribution in [2.75, 3.05) is 0 Å². The number of hydrogen-bond donors (Lipinski definition) is 0. The van der Waals surface area contributed by atoms with Crippen LogP contribution in [0.3, 0.4) is 0 Å². The largest absolute Gasteiger partial charge is 0.288 e. The van der Waals surface area contributed by atoms with Crippen molar-refractivity contribution in [3.63, 3.8) is 0 Å². The number of thiophene rings is 1. The van der Waals surface area contributed by atoms with E-state index in [4.69, 9.17) is 0 Å². The Labute approximate surface area is 113 Å². The highest BCUT2D eigenvalue weighted by Gasteiger charge is 2.12. The lowest BCUT2D eigenvalue weighted by Gasteiger charge is -1.99. The summed E-state index contributed by atoms with van der Waals surface area (Å²) in [6, 6.07) is 7.68. The molecule has 0 amide bonds. The molecule has 1 aromatic carbocycles. The van der Waals surface area contributed by atoms with E-state index in [9.17, 15) is 9.18 Å². The van der Waals surface area contributed by atoms with Gasteiger partial charge in [-0.1, -0.05) is 15.9 Å². The average molecular weight is 364 g/mol. The summed E-state index contributed by atoms with van der Waals surface area (Å²) in [6.45, 7) is 0. The van der Waals surface area contributed by atoms with Crippen molar-refractivity contribution in [3.8, 4) is 0 Å². The maximum Gasteiger partial charge on any atom is 0.203 e. The minimum absolute atomic E-state index is 0.170. The first kappa shape index (κ1) is 12.0. The molecule has 0 bridgehead atoms. The predicted octanol–water partition coefficient (Wildman–Crippen LogP) is 4.64. The van der Waals surface area contributed by atoms with E-state index >= 15 is 0 Å². The molecule has 0 aliphatic heterocycles. The van der Waals surface area contributed by atoms with Crippen LogP contribution in [-0.2, 0) is 0 Å². The number of ketones is 1. The topological polar surface area (TPSA) is 17.1 Å². The zero-order chi connectivity index (χ0) is 11.7. The average Bonchev–Trinajstić information content (AvgIpc) is 2.62. The molecule has 0 N–H and O–H groups in total. The predicted molar refractivity (Wildman–Crippen MR) is 69.6 cm³/mol. The molecule has 1 heterocycles. The molecule has 0 spiro atoms. The number of carbonyl (C=O) groups is 1. The molecule has 0 aliphatic rings. The fraction of sp³-hybridized carbons (Fsp3) is 0. The van der Waals surface area contributed by atoms with Gasteiger partial charge in [0.05, 0.1) is 8.66 Å². The van der Waals surface area contributed by atoms with Gasteiger partial charge in [0.1, 0.15) is 5.82 Å². The van der Waals surface area contributed by atoms with Gasteiger partial charge in [-0.05, 0) is 46.3 Å². The molecule has 2 rings (SSSR count). The number of halogens is 3. The Morgan fingerprint density at radius 1 is 1.19 bits per heavy atom. The first-order chi connectivity index (χ1) is 7.56. The summed E-state index contributed by atoms with van der Waals surface area (Å²) in [5, 5.41) is 0. The van der Waals surface area contributed by atoms with Gasteiger partial charge in [-0.2, -0.15) is 0 Å². The number of carbonyl (C=O) groups excluding carboxylic acids is 1. The van der Waals surface area contributed by atoms with E-state index in [0.717, 1.165) is 3.79 Å². The van der Waals surface area contributed by atoms with Gasteiger partial charge in [0.25, 0.3) is 0 Å². The van der Waals surface area contributed by atoms with Crippen LogP contribution in [0.5, 0.6) is 0 Å². The van der Waals surface area contributed by atoms with E-state index in [1.807, 2.05) is 0 Å². The van der Waals surface area contributed by atoms with Gasteiger partial charge in [-0.25, -0.2) is 4.39 Å². The summed E-state index contributed by atoms with van der Waals surface area (Å²) in [4.78, 5) is 12.6. The first-order valence-corrected chi connectivity index (χ1v) is 6.72. The van der Waals surface area contributed by atoms with Gasteiger partial charge in [-0.3, -0.25) is 4.79 Å². The Bertz CT molecular complexity index is 530. The molecule has 0 unspecified atom stereocenters. The van der Waals surface area contributed by atoms with E-state index < -0.39 is 5.82 Å². The van der Waals surface area contributed by atoms with Gasteiger partial charge in [0, 0.05) is 10.0 Å². The van der Waals surface area contributed by atoms with Crippen molar-refractivity contribution in [1.29, 1.82) is 0 Å². The molecule has 0 atom stereocenters. The van der Waals surface area contributed by atoms with Gasteiger partial charge >= 0.3 is 0 Å². The quantitative estimate of drug-likeness (QED) is 0.710. The second kappa shape index (κ2) is 4.77. The van der Waals surface area contributed by atoms with Crippen LogP contribution in [0.4, 0.5) is 4.39 Å². The summed E-state index contributed by atoms with van der Waals surface area (Å²) in [6.07, 6.45) is 0. The maximum atomic E-state index is 13.1. The van der Waals surface area contributed by atoms with Crippen molar-refractivity contribution in [3.05, 3.63) is 54.8 Å². The molecular formula is C11H5Br2FOS. The molecule has 2 aromatic rings. The number of benzene rings is 1. The first-order valence-electron chi connectivity index (χ1n) is 4.32. The molecule has 0 radical (unpaired) electrons. The Kier molecular flexibility index (Phi) is 3.56. The van der Waals surface area contributed by atoms with Crippen molar-refractivity contribution < 1.29 is 9.18 Å². The van der Waals surface area contributed by atoms with Crippen LogP contribution < -0.4 is 0 Å². The summed E-state index contributed by atoms with van der Waals surface area (Å²) in [5.41, 5.74) is 0.348. The van der Waals surface area contributed by atoms with Gasteiger partial charge < -0.3 is 0 Å². The maximum absolute atomic E-state index is 13.1. The Balaban J connectivity index is 2.41. The lowest BCUT2D eigenvalue weighted by atomic mass is 10.1. The van der Waals surface area contributed by atoms with E-state index in [-0.39, 0.29) is 5.78 Å². The third kappa shape index (κ3) is 2.59. The smallest absolute Gasteiger partial charge is 0.203 e. The molecule has 1 nitrogen and oxygen atoms in total. The van der Waals surface area contributed by atoms with Crippen LogP contribution in [0.1, 0.15) is 15.2 Å². The third-order valence-corrected chi connectivity index (χ3v) is 4.00. The highest BCUT2D eigenvalue weighted by atomic mass is 79.9. The molecule has 82 valence electrons. The highest BCUT2D eigenvalue weighted by Crippen LogP contribution is 2.25. The minimum Gasteiger partial charge on any atom is -0.288 e. The van der Waals surface area contributed by atoms with Gasteiger partial charge in [0.2, 0.25) is 5.78 Å². The second-order valence-electron chi connectivity index (χ2n) is 3.09. The van der Waals surface area contributed by atoms with E-state index in [1.54, 1.807) is 18.2 Å². The summed E-state index contributed by atoms with van der Waals surface area (Å²) < 4.78 is 14.6. The minimum atomic E-state index is -0.423. The summed E-state index contributed by atoms with van der Waals surface area (Å²) in [7, 11) is 0. The van der Waals surface area contributed by atoms with Crippen molar-refractivity contribution >= 4 is 49.0 Å². The van der Waals surface area contributed by atoms with Crippen LogP contribution in [0, 0.1) is 5.82 Å². The molecule has 5 heteroatoms. The SMILES string of the molecule is O=C(c1cc(F)cc(Br)c1)c1ccc(Br)s1. The molecule has 1 aromatic heterocycles. The van der Waals surface area contributed by atoms with Crippen LogP contribution in [-0.4, -0.2) is 5.78 Å². The fourth-order valence-corrected chi connectivity index (χ4v) is 3.08. The van der Waals surface area contributed by atoms with Gasteiger partial charge in [-0.15, -0.1) is 11.3 Å². The van der Waals surface area contributed by atoms with Crippen molar-refractivity contribution in [1.82, 2.24) is 0 Å². The summed E-state index contributed by atoms with van der Waals surface area (Å²) in [5.74, 6) is -0.593. The highest BCUT2D eigenvalue weighted by molar-refractivity contribution is 9.11. The monoisotopic (exact) mass is 362 g/mol.